The molecule has 1 aliphatic heterocycles. The second-order valence-electron chi connectivity index (χ2n) is 4.14. The zero-order valence-electron chi connectivity index (χ0n) is 9.95. The monoisotopic (exact) mass is 221 g/mol. The number of hydrogen-bond acceptors (Lipinski definition) is 3. The first kappa shape index (κ1) is 11.3. The number of methoxy groups -OCH3 is 2. The Hall–Kier alpha value is -1.22. The van der Waals surface area contributed by atoms with Crippen LogP contribution in [-0.2, 0) is 6.42 Å². The van der Waals surface area contributed by atoms with Crippen molar-refractivity contribution in [3.8, 4) is 11.5 Å². The van der Waals surface area contributed by atoms with E-state index >= 15 is 0 Å². The van der Waals surface area contributed by atoms with E-state index in [9.17, 15) is 0 Å². The summed E-state index contributed by atoms with van der Waals surface area (Å²) in [7, 11) is 3.42. The maximum absolute atomic E-state index is 5.39. The van der Waals surface area contributed by atoms with Gasteiger partial charge in [-0.05, 0) is 37.9 Å². The van der Waals surface area contributed by atoms with Crippen molar-refractivity contribution < 1.29 is 9.47 Å². The van der Waals surface area contributed by atoms with Crippen LogP contribution in [0.25, 0.3) is 0 Å². The van der Waals surface area contributed by atoms with E-state index in [1.807, 2.05) is 18.2 Å². The summed E-state index contributed by atoms with van der Waals surface area (Å²) in [6.45, 7) is 1.13. The highest BCUT2D eigenvalue weighted by Crippen LogP contribution is 2.30. The normalized spacial score (nSPS) is 19.8. The maximum atomic E-state index is 5.39. The molecule has 1 unspecified atom stereocenters. The van der Waals surface area contributed by atoms with Crippen LogP contribution in [0.5, 0.6) is 11.5 Å². The summed E-state index contributed by atoms with van der Waals surface area (Å²) in [6, 6.07) is 6.51. The topological polar surface area (TPSA) is 30.5 Å². The van der Waals surface area contributed by atoms with Crippen LogP contribution < -0.4 is 14.8 Å². The molecule has 0 aromatic heterocycles. The Morgan fingerprint density at radius 2 is 1.94 bits per heavy atom. The van der Waals surface area contributed by atoms with Gasteiger partial charge in [0.15, 0.2) is 0 Å². The molecule has 0 amide bonds. The van der Waals surface area contributed by atoms with Crippen molar-refractivity contribution in [2.24, 2.45) is 0 Å². The fraction of sp³-hybridized carbons (Fsp3) is 0.538. The van der Waals surface area contributed by atoms with E-state index in [0.717, 1.165) is 24.5 Å². The number of nitrogens with one attached hydrogen (secondary N) is 1. The van der Waals surface area contributed by atoms with Gasteiger partial charge < -0.3 is 14.8 Å². The van der Waals surface area contributed by atoms with E-state index in [1.54, 1.807) is 14.2 Å². The Morgan fingerprint density at radius 1 is 1.25 bits per heavy atom. The van der Waals surface area contributed by atoms with Crippen LogP contribution in [0.1, 0.15) is 18.4 Å². The Bertz CT molecular complexity index is 324. The van der Waals surface area contributed by atoms with Gasteiger partial charge in [-0.3, -0.25) is 0 Å². The average Bonchev–Trinajstić information content (AvgIpc) is 2.82. The summed E-state index contributed by atoms with van der Waals surface area (Å²) in [5.41, 5.74) is 1.17. The van der Waals surface area contributed by atoms with E-state index in [2.05, 4.69) is 5.32 Å². The van der Waals surface area contributed by atoms with Crippen LogP contribution >= 0.6 is 0 Å². The van der Waals surface area contributed by atoms with Crippen LogP contribution in [0.2, 0.25) is 0 Å². The van der Waals surface area contributed by atoms with Gasteiger partial charge in [-0.15, -0.1) is 0 Å². The predicted octanol–water partition coefficient (Wildman–Crippen LogP) is 2.00. The lowest BCUT2D eigenvalue weighted by Crippen LogP contribution is -2.24. The molecule has 2 rings (SSSR count). The molecule has 1 atom stereocenters. The van der Waals surface area contributed by atoms with Crippen molar-refractivity contribution in [1.29, 1.82) is 0 Å². The lowest BCUT2D eigenvalue weighted by molar-refractivity contribution is 0.381. The SMILES string of the molecule is COc1cccc(OC)c1CC1CCCN1. The van der Waals surface area contributed by atoms with E-state index in [1.165, 1.54) is 18.4 Å². The first-order valence-corrected chi connectivity index (χ1v) is 5.78. The van der Waals surface area contributed by atoms with Gasteiger partial charge >= 0.3 is 0 Å². The van der Waals surface area contributed by atoms with Gasteiger partial charge in [-0.1, -0.05) is 6.07 Å². The van der Waals surface area contributed by atoms with E-state index in [0.29, 0.717) is 6.04 Å². The molecule has 0 bridgehead atoms. The van der Waals surface area contributed by atoms with Gasteiger partial charge in [0.05, 0.1) is 14.2 Å². The Labute approximate surface area is 96.8 Å². The van der Waals surface area contributed by atoms with Crippen molar-refractivity contribution in [3.63, 3.8) is 0 Å². The second kappa shape index (κ2) is 5.21. The largest absolute Gasteiger partial charge is 0.496 e. The maximum Gasteiger partial charge on any atom is 0.125 e. The van der Waals surface area contributed by atoms with Gasteiger partial charge in [0.25, 0.3) is 0 Å². The van der Waals surface area contributed by atoms with Crippen molar-refractivity contribution in [3.05, 3.63) is 23.8 Å². The number of rotatable bonds is 4. The molecule has 16 heavy (non-hydrogen) atoms. The third kappa shape index (κ3) is 2.30. The molecule has 0 spiro atoms. The predicted molar refractivity (Wildman–Crippen MR) is 64.3 cm³/mol. The van der Waals surface area contributed by atoms with Crippen molar-refractivity contribution in [2.45, 2.75) is 25.3 Å². The molecular weight excluding hydrogens is 202 g/mol. The summed E-state index contributed by atoms with van der Waals surface area (Å²) in [6.07, 6.45) is 3.48. The van der Waals surface area contributed by atoms with Gasteiger partial charge in [-0.25, -0.2) is 0 Å². The standard InChI is InChI=1S/C13H19NO2/c1-15-12-6-3-7-13(16-2)11(12)9-10-5-4-8-14-10/h3,6-7,10,14H,4-5,8-9H2,1-2H3. The smallest absolute Gasteiger partial charge is 0.125 e. The van der Waals surface area contributed by atoms with Crippen molar-refractivity contribution in [2.75, 3.05) is 20.8 Å². The average molecular weight is 221 g/mol. The quantitative estimate of drug-likeness (QED) is 0.843. The first-order chi connectivity index (χ1) is 7.85. The Kier molecular flexibility index (Phi) is 3.67. The van der Waals surface area contributed by atoms with Crippen molar-refractivity contribution in [1.82, 2.24) is 5.32 Å². The molecule has 1 saturated heterocycles. The highest BCUT2D eigenvalue weighted by molar-refractivity contribution is 5.45. The molecule has 1 fully saturated rings. The zero-order valence-corrected chi connectivity index (χ0v) is 9.95. The molecule has 3 nitrogen and oxygen atoms in total. The summed E-state index contributed by atoms with van der Waals surface area (Å²) < 4.78 is 10.8. The zero-order chi connectivity index (χ0) is 11.4. The Morgan fingerprint density at radius 3 is 2.44 bits per heavy atom. The molecule has 0 radical (unpaired) electrons. The van der Waals surface area contributed by atoms with Gasteiger partial charge in [-0.2, -0.15) is 0 Å². The molecule has 0 aliphatic carbocycles. The van der Waals surface area contributed by atoms with E-state index < -0.39 is 0 Å². The van der Waals surface area contributed by atoms with Crippen LogP contribution in [0.4, 0.5) is 0 Å². The highest BCUT2D eigenvalue weighted by Gasteiger charge is 2.19. The van der Waals surface area contributed by atoms with Crippen molar-refractivity contribution >= 4 is 0 Å². The lowest BCUT2D eigenvalue weighted by Gasteiger charge is -2.16. The van der Waals surface area contributed by atoms with Crippen LogP contribution in [0.3, 0.4) is 0 Å². The van der Waals surface area contributed by atoms with Crippen LogP contribution in [0, 0.1) is 0 Å². The fourth-order valence-corrected chi connectivity index (χ4v) is 2.31. The Balaban J connectivity index is 2.21. The summed E-state index contributed by atoms with van der Waals surface area (Å²) in [5, 5.41) is 3.50. The number of hydrogen-bond donors (Lipinski definition) is 1. The van der Waals surface area contributed by atoms with Crippen LogP contribution in [0.15, 0.2) is 18.2 Å². The molecule has 1 aromatic carbocycles. The highest BCUT2D eigenvalue weighted by atomic mass is 16.5. The van der Waals surface area contributed by atoms with Gasteiger partial charge in [0.2, 0.25) is 0 Å². The molecule has 0 saturated carbocycles. The summed E-state index contributed by atoms with van der Waals surface area (Å²) in [4.78, 5) is 0. The molecular formula is C13H19NO2. The third-order valence-corrected chi connectivity index (χ3v) is 3.14. The first-order valence-electron chi connectivity index (χ1n) is 5.78. The van der Waals surface area contributed by atoms with Crippen LogP contribution in [-0.4, -0.2) is 26.8 Å². The summed E-state index contributed by atoms with van der Waals surface area (Å²) in [5.74, 6) is 1.85. The molecule has 1 aromatic rings. The minimum atomic E-state index is 0.560. The third-order valence-electron chi connectivity index (χ3n) is 3.14. The molecule has 1 aliphatic rings. The summed E-state index contributed by atoms with van der Waals surface area (Å²) >= 11 is 0. The molecule has 88 valence electrons. The molecule has 1 heterocycles. The number of ether oxygens (including phenoxy) is 2. The second-order valence-corrected chi connectivity index (χ2v) is 4.14. The van der Waals surface area contributed by atoms with E-state index in [-0.39, 0.29) is 0 Å². The molecule has 1 N–H and O–H groups in total. The number of benzene rings is 1. The minimum Gasteiger partial charge on any atom is -0.496 e. The van der Waals surface area contributed by atoms with Gasteiger partial charge in [0.1, 0.15) is 11.5 Å². The lowest BCUT2D eigenvalue weighted by atomic mass is 10.0. The van der Waals surface area contributed by atoms with E-state index in [4.69, 9.17) is 9.47 Å². The molecule has 3 heteroatoms. The van der Waals surface area contributed by atoms with Gasteiger partial charge in [0, 0.05) is 11.6 Å². The fourth-order valence-electron chi connectivity index (χ4n) is 2.31. The minimum absolute atomic E-state index is 0.560.